The molecule has 1 N–H and O–H groups in total. The number of carbonyl (C=O) groups excluding carboxylic acids is 2. The second-order valence-corrected chi connectivity index (χ2v) is 5.67. The summed E-state index contributed by atoms with van der Waals surface area (Å²) in [7, 11) is 1.24. The molecule has 0 aliphatic carbocycles. The molecule has 0 aromatic heterocycles. The Bertz CT molecular complexity index is 314. The van der Waals surface area contributed by atoms with Gasteiger partial charge in [0.2, 0.25) is 0 Å². The highest BCUT2D eigenvalue weighted by atomic mass is 32.2. The first-order valence-electron chi connectivity index (χ1n) is 5.15. The van der Waals surface area contributed by atoms with Gasteiger partial charge in [-0.25, -0.2) is 9.59 Å². The van der Waals surface area contributed by atoms with Crippen molar-refractivity contribution in [1.29, 1.82) is 0 Å². The van der Waals surface area contributed by atoms with Gasteiger partial charge in [0.25, 0.3) is 0 Å². The maximum atomic E-state index is 11.8. The van der Waals surface area contributed by atoms with Gasteiger partial charge in [-0.2, -0.15) is 0 Å². The highest BCUT2D eigenvalue weighted by molar-refractivity contribution is 8.00. The Morgan fingerprint density at radius 3 is 2.47 bits per heavy atom. The molecule has 1 heterocycles. The van der Waals surface area contributed by atoms with Crippen LogP contribution in [0.3, 0.4) is 0 Å². The Balaban J connectivity index is 2.78. The normalized spacial score (nSPS) is 24.6. The lowest BCUT2D eigenvalue weighted by Crippen LogP contribution is -2.48. The summed E-state index contributed by atoms with van der Waals surface area (Å²) in [6, 6.07) is -0.796. The molecule has 0 bridgehead atoms. The zero-order chi connectivity index (χ0) is 13.2. The molecule has 1 fully saturated rings. The van der Waals surface area contributed by atoms with Crippen molar-refractivity contribution in [3.63, 3.8) is 0 Å². The molecule has 0 radical (unpaired) electrons. The largest absolute Gasteiger partial charge is 0.467 e. The minimum atomic E-state index is -1.08. The molecule has 2 atom stereocenters. The molecule has 0 spiro atoms. The summed E-state index contributed by atoms with van der Waals surface area (Å²) in [6.45, 7) is 5.15. The van der Waals surface area contributed by atoms with Crippen LogP contribution in [0.1, 0.15) is 20.8 Å². The molecule has 1 amide bonds. The van der Waals surface area contributed by atoms with Crippen LogP contribution in [0.25, 0.3) is 0 Å². The zero-order valence-electron chi connectivity index (χ0n) is 10.3. The van der Waals surface area contributed by atoms with Gasteiger partial charge in [-0.1, -0.05) is 0 Å². The van der Waals surface area contributed by atoms with Crippen LogP contribution in [0.15, 0.2) is 0 Å². The van der Waals surface area contributed by atoms with Gasteiger partial charge in [0, 0.05) is 5.75 Å². The molecule has 0 aromatic rings. The van der Waals surface area contributed by atoms with Crippen LogP contribution in [0.4, 0.5) is 4.79 Å². The molecule has 1 saturated heterocycles. The van der Waals surface area contributed by atoms with E-state index in [2.05, 4.69) is 4.74 Å². The van der Waals surface area contributed by atoms with Crippen LogP contribution >= 0.6 is 11.8 Å². The van der Waals surface area contributed by atoms with Crippen LogP contribution in [0.5, 0.6) is 0 Å². The van der Waals surface area contributed by atoms with E-state index < -0.39 is 29.3 Å². The summed E-state index contributed by atoms with van der Waals surface area (Å²) in [5, 5.41) is 9.65. The lowest BCUT2D eigenvalue weighted by molar-refractivity contribution is -0.147. The Morgan fingerprint density at radius 1 is 1.41 bits per heavy atom. The van der Waals surface area contributed by atoms with Crippen molar-refractivity contribution in [2.75, 3.05) is 12.9 Å². The van der Waals surface area contributed by atoms with Gasteiger partial charge in [0.15, 0.2) is 5.56 Å². The number of esters is 1. The monoisotopic (exact) mass is 263 g/mol. The van der Waals surface area contributed by atoms with Crippen LogP contribution in [0.2, 0.25) is 0 Å². The number of aliphatic hydroxyl groups is 1. The minimum Gasteiger partial charge on any atom is -0.467 e. The smallest absolute Gasteiger partial charge is 0.413 e. The first-order valence-corrected chi connectivity index (χ1v) is 6.20. The van der Waals surface area contributed by atoms with E-state index in [4.69, 9.17) is 4.74 Å². The standard InChI is InChI=1S/C10H17NO5S/c1-10(2,3)16-8(13)11-6(7(12)15-4)5-17-9(11)14/h6,9,14H,5H2,1-4H3/t6-,9-/m0/s1. The number of methoxy groups -OCH3 is 1. The lowest BCUT2D eigenvalue weighted by atomic mass is 10.2. The fourth-order valence-electron chi connectivity index (χ4n) is 1.34. The van der Waals surface area contributed by atoms with Gasteiger partial charge in [-0.3, -0.25) is 4.90 Å². The predicted molar refractivity (Wildman–Crippen MR) is 62.3 cm³/mol. The number of hydrogen-bond donors (Lipinski definition) is 1. The average Bonchev–Trinajstić information content (AvgIpc) is 2.56. The summed E-state index contributed by atoms with van der Waals surface area (Å²) < 4.78 is 9.70. The zero-order valence-corrected chi connectivity index (χ0v) is 11.1. The summed E-state index contributed by atoms with van der Waals surface area (Å²) in [5.74, 6) is -0.257. The van der Waals surface area contributed by atoms with Crippen molar-refractivity contribution < 1.29 is 24.2 Å². The molecule has 98 valence electrons. The number of amides is 1. The van der Waals surface area contributed by atoms with Gasteiger partial charge in [-0.05, 0) is 20.8 Å². The molecule has 0 unspecified atom stereocenters. The van der Waals surface area contributed by atoms with E-state index in [1.54, 1.807) is 20.8 Å². The highest BCUT2D eigenvalue weighted by Gasteiger charge is 2.43. The molecule has 1 rings (SSSR count). The number of ether oxygens (including phenoxy) is 2. The molecular weight excluding hydrogens is 246 g/mol. The Morgan fingerprint density at radius 2 is 2.00 bits per heavy atom. The van der Waals surface area contributed by atoms with Gasteiger partial charge >= 0.3 is 12.1 Å². The van der Waals surface area contributed by atoms with Gasteiger partial charge in [-0.15, -0.1) is 11.8 Å². The van der Waals surface area contributed by atoms with Crippen LogP contribution in [-0.4, -0.2) is 52.1 Å². The van der Waals surface area contributed by atoms with Crippen LogP contribution < -0.4 is 0 Å². The van der Waals surface area contributed by atoms with E-state index in [1.165, 1.54) is 7.11 Å². The number of hydrogen-bond acceptors (Lipinski definition) is 6. The number of thioether (sulfide) groups is 1. The third kappa shape index (κ3) is 3.50. The van der Waals surface area contributed by atoms with Gasteiger partial charge < -0.3 is 14.6 Å². The predicted octanol–water partition coefficient (Wildman–Crippen LogP) is 0.788. The molecule has 1 aliphatic heterocycles. The maximum absolute atomic E-state index is 11.8. The van der Waals surface area contributed by atoms with E-state index in [0.29, 0.717) is 5.75 Å². The Labute approximate surface area is 104 Å². The second kappa shape index (κ2) is 5.14. The Kier molecular flexibility index (Phi) is 4.26. The van der Waals surface area contributed by atoms with E-state index >= 15 is 0 Å². The number of rotatable bonds is 1. The third-order valence-electron chi connectivity index (χ3n) is 2.05. The summed E-state index contributed by atoms with van der Waals surface area (Å²) in [4.78, 5) is 24.3. The van der Waals surface area contributed by atoms with Crippen molar-refractivity contribution >= 4 is 23.8 Å². The Hall–Kier alpha value is -0.950. The summed E-state index contributed by atoms with van der Waals surface area (Å²) in [5.41, 5.74) is -1.75. The quantitative estimate of drug-likeness (QED) is 0.705. The topological polar surface area (TPSA) is 76.1 Å². The fraction of sp³-hybridized carbons (Fsp3) is 0.800. The average molecular weight is 263 g/mol. The van der Waals surface area contributed by atoms with Crippen LogP contribution in [-0.2, 0) is 14.3 Å². The SMILES string of the molecule is COC(=O)[C@@H]1CS[C@H](O)N1C(=O)OC(C)(C)C. The molecule has 7 heteroatoms. The molecule has 0 aromatic carbocycles. The fourth-order valence-corrected chi connectivity index (χ4v) is 2.39. The van der Waals surface area contributed by atoms with Crippen molar-refractivity contribution in [3.8, 4) is 0 Å². The number of carbonyl (C=O) groups is 2. The summed E-state index contributed by atoms with van der Waals surface area (Å²) in [6.07, 6.45) is -0.717. The first-order chi connectivity index (χ1) is 7.76. The second-order valence-electron chi connectivity index (χ2n) is 4.59. The number of aliphatic hydroxyl groups excluding tert-OH is 1. The van der Waals surface area contributed by atoms with Crippen molar-refractivity contribution in [1.82, 2.24) is 4.90 Å². The van der Waals surface area contributed by atoms with Gasteiger partial charge in [0.1, 0.15) is 11.6 Å². The van der Waals surface area contributed by atoms with Gasteiger partial charge in [0.05, 0.1) is 7.11 Å². The van der Waals surface area contributed by atoms with Crippen LogP contribution in [0, 0.1) is 0 Å². The molecular formula is C10H17NO5S. The molecule has 1 aliphatic rings. The van der Waals surface area contributed by atoms with E-state index in [9.17, 15) is 14.7 Å². The van der Waals surface area contributed by atoms with E-state index in [-0.39, 0.29) is 0 Å². The van der Waals surface area contributed by atoms with E-state index in [1.807, 2.05) is 0 Å². The van der Waals surface area contributed by atoms with Crippen molar-refractivity contribution in [2.45, 2.75) is 38.0 Å². The minimum absolute atomic E-state index is 0.299. The molecule has 0 saturated carbocycles. The first kappa shape index (κ1) is 14.1. The molecule has 17 heavy (non-hydrogen) atoms. The lowest BCUT2D eigenvalue weighted by Gasteiger charge is -2.28. The maximum Gasteiger partial charge on any atom is 0.413 e. The van der Waals surface area contributed by atoms with E-state index in [0.717, 1.165) is 16.7 Å². The highest BCUT2D eigenvalue weighted by Crippen LogP contribution is 2.29. The van der Waals surface area contributed by atoms with Crippen molar-refractivity contribution in [2.24, 2.45) is 0 Å². The third-order valence-corrected chi connectivity index (χ3v) is 3.09. The molecule has 6 nitrogen and oxygen atoms in total. The summed E-state index contributed by atoms with van der Waals surface area (Å²) >= 11 is 1.09. The number of nitrogens with zero attached hydrogens (tertiary/aromatic N) is 1. The van der Waals surface area contributed by atoms with Crippen molar-refractivity contribution in [3.05, 3.63) is 0 Å².